The van der Waals surface area contributed by atoms with E-state index in [9.17, 15) is 9.59 Å². The fourth-order valence-electron chi connectivity index (χ4n) is 1.81. The lowest BCUT2D eigenvalue weighted by atomic mass is 10.2. The summed E-state index contributed by atoms with van der Waals surface area (Å²) in [5.74, 6) is -0.497. The van der Waals surface area contributed by atoms with E-state index in [4.69, 9.17) is 0 Å². The Hall–Kier alpha value is -1.89. The first-order chi connectivity index (χ1) is 10.1. The first-order valence-electron chi connectivity index (χ1n) is 6.46. The van der Waals surface area contributed by atoms with Crippen molar-refractivity contribution in [2.45, 2.75) is 6.92 Å². The number of benzene rings is 2. The summed E-state index contributed by atoms with van der Waals surface area (Å²) in [5, 5.41) is 5.40. The summed E-state index contributed by atoms with van der Waals surface area (Å²) < 4.78 is 0.854. The quantitative estimate of drug-likeness (QED) is 0.784. The van der Waals surface area contributed by atoms with Gasteiger partial charge in [0.2, 0.25) is 5.91 Å². The Balaban J connectivity index is 1.91. The average molecular weight is 394 g/mol. The Kier molecular flexibility index (Phi) is 5.32. The average Bonchev–Trinajstić information content (AvgIpc) is 2.48. The molecule has 2 rings (SSSR count). The molecule has 108 valence electrons. The number of halogens is 1. The van der Waals surface area contributed by atoms with E-state index in [1.165, 1.54) is 0 Å². The standard InChI is InChI=1S/C16H15IN2O2/c1-11-6-2-5-9-14(11)19-15(20)10-18-16(21)12-7-3-4-8-13(12)17/h2-9H,10H2,1H3,(H,18,21)(H,19,20). The molecule has 0 saturated heterocycles. The van der Waals surface area contributed by atoms with Gasteiger partial charge in [-0.25, -0.2) is 0 Å². The molecule has 0 fully saturated rings. The van der Waals surface area contributed by atoms with Gasteiger partial charge in [0, 0.05) is 9.26 Å². The monoisotopic (exact) mass is 394 g/mol. The second-order valence-electron chi connectivity index (χ2n) is 4.53. The summed E-state index contributed by atoms with van der Waals surface area (Å²) in [6.07, 6.45) is 0. The van der Waals surface area contributed by atoms with Crippen molar-refractivity contribution >= 4 is 40.1 Å². The van der Waals surface area contributed by atoms with Crippen molar-refractivity contribution in [3.05, 3.63) is 63.2 Å². The molecular formula is C16H15IN2O2. The van der Waals surface area contributed by atoms with Crippen LogP contribution in [0.15, 0.2) is 48.5 Å². The Bertz CT molecular complexity index is 671. The highest BCUT2D eigenvalue weighted by Gasteiger charge is 2.11. The molecule has 2 amide bonds. The van der Waals surface area contributed by atoms with Crippen LogP contribution in [0.5, 0.6) is 0 Å². The van der Waals surface area contributed by atoms with Gasteiger partial charge in [-0.15, -0.1) is 0 Å². The first-order valence-corrected chi connectivity index (χ1v) is 7.54. The number of nitrogens with one attached hydrogen (secondary N) is 2. The molecule has 0 aromatic heterocycles. The highest BCUT2D eigenvalue weighted by Crippen LogP contribution is 2.13. The van der Waals surface area contributed by atoms with Crippen molar-refractivity contribution in [1.82, 2.24) is 5.32 Å². The number of carbonyl (C=O) groups is 2. The number of para-hydroxylation sites is 1. The van der Waals surface area contributed by atoms with E-state index < -0.39 is 0 Å². The van der Waals surface area contributed by atoms with Crippen LogP contribution in [0.3, 0.4) is 0 Å². The number of carbonyl (C=O) groups excluding carboxylic acids is 2. The summed E-state index contributed by atoms with van der Waals surface area (Å²) in [6.45, 7) is 1.86. The number of hydrogen-bond donors (Lipinski definition) is 2. The van der Waals surface area contributed by atoms with Gasteiger partial charge in [-0.3, -0.25) is 9.59 Å². The number of amides is 2. The zero-order valence-corrected chi connectivity index (χ0v) is 13.7. The summed E-state index contributed by atoms with van der Waals surface area (Å²) in [4.78, 5) is 23.9. The molecule has 0 radical (unpaired) electrons. The number of hydrogen-bond acceptors (Lipinski definition) is 2. The summed E-state index contributed by atoms with van der Waals surface area (Å²) in [6, 6.07) is 14.8. The van der Waals surface area contributed by atoms with Gasteiger partial charge in [0.15, 0.2) is 0 Å². The normalized spacial score (nSPS) is 10.0. The van der Waals surface area contributed by atoms with Gasteiger partial charge in [0.25, 0.3) is 5.91 Å². The Morgan fingerprint density at radius 2 is 1.71 bits per heavy atom. The van der Waals surface area contributed by atoms with Crippen molar-refractivity contribution in [3.8, 4) is 0 Å². The van der Waals surface area contributed by atoms with E-state index in [0.717, 1.165) is 14.8 Å². The second kappa shape index (κ2) is 7.21. The minimum Gasteiger partial charge on any atom is -0.343 e. The van der Waals surface area contributed by atoms with Crippen LogP contribution in [0.25, 0.3) is 0 Å². The molecule has 0 spiro atoms. The topological polar surface area (TPSA) is 58.2 Å². The fraction of sp³-hybridized carbons (Fsp3) is 0.125. The van der Waals surface area contributed by atoms with Gasteiger partial charge in [-0.2, -0.15) is 0 Å². The number of rotatable bonds is 4. The van der Waals surface area contributed by atoms with Gasteiger partial charge < -0.3 is 10.6 Å². The van der Waals surface area contributed by atoms with Crippen molar-refractivity contribution < 1.29 is 9.59 Å². The smallest absolute Gasteiger partial charge is 0.252 e. The molecule has 2 N–H and O–H groups in total. The Labute approximate surface area is 137 Å². The van der Waals surface area contributed by atoms with Gasteiger partial charge in [0.1, 0.15) is 0 Å². The minimum atomic E-state index is -0.250. The lowest BCUT2D eigenvalue weighted by Gasteiger charge is -2.09. The highest BCUT2D eigenvalue weighted by atomic mass is 127. The van der Waals surface area contributed by atoms with Crippen LogP contribution in [-0.2, 0) is 4.79 Å². The summed E-state index contributed by atoms with van der Waals surface area (Å²) in [7, 11) is 0. The van der Waals surface area contributed by atoms with Crippen molar-refractivity contribution in [2.75, 3.05) is 11.9 Å². The van der Waals surface area contributed by atoms with Crippen LogP contribution in [0, 0.1) is 10.5 Å². The molecule has 0 atom stereocenters. The predicted molar refractivity (Wildman–Crippen MR) is 91.3 cm³/mol. The van der Waals surface area contributed by atoms with Gasteiger partial charge >= 0.3 is 0 Å². The largest absolute Gasteiger partial charge is 0.343 e. The maximum Gasteiger partial charge on any atom is 0.252 e. The van der Waals surface area contributed by atoms with Gasteiger partial charge in [-0.05, 0) is 53.3 Å². The van der Waals surface area contributed by atoms with E-state index >= 15 is 0 Å². The molecule has 2 aromatic rings. The fourth-order valence-corrected chi connectivity index (χ4v) is 2.44. The number of aryl methyl sites for hydroxylation is 1. The van der Waals surface area contributed by atoms with Crippen LogP contribution in [0.4, 0.5) is 5.69 Å². The molecule has 0 heterocycles. The Morgan fingerprint density at radius 1 is 1.05 bits per heavy atom. The van der Waals surface area contributed by atoms with Crippen molar-refractivity contribution in [3.63, 3.8) is 0 Å². The third-order valence-corrected chi connectivity index (χ3v) is 3.89. The molecule has 0 unspecified atom stereocenters. The zero-order chi connectivity index (χ0) is 15.2. The zero-order valence-electron chi connectivity index (χ0n) is 11.5. The van der Waals surface area contributed by atoms with Crippen molar-refractivity contribution in [1.29, 1.82) is 0 Å². The van der Waals surface area contributed by atoms with Crippen LogP contribution >= 0.6 is 22.6 Å². The maximum atomic E-state index is 12.0. The van der Waals surface area contributed by atoms with E-state index in [2.05, 4.69) is 33.2 Å². The molecular weight excluding hydrogens is 379 g/mol. The first kappa shape index (κ1) is 15.5. The third-order valence-electron chi connectivity index (χ3n) is 2.95. The highest BCUT2D eigenvalue weighted by molar-refractivity contribution is 14.1. The summed E-state index contributed by atoms with van der Waals surface area (Å²) >= 11 is 2.09. The third kappa shape index (κ3) is 4.29. The van der Waals surface area contributed by atoms with Gasteiger partial charge in [0.05, 0.1) is 12.1 Å². The molecule has 5 heteroatoms. The Morgan fingerprint density at radius 3 is 2.43 bits per heavy atom. The maximum absolute atomic E-state index is 12.0. The van der Waals surface area contributed by atoms with E-state index in [0.29, 0.717) is 5.56 Å². The van der Waals surface area contributed by atoms with Crippen LogP contribution < -0.4 is 10.6 Å². The minimum absolute atomic E-state index is 0.0574. The predicted octanol–water partition coefficient (Wildman–Crippen LogP) is 2.97. The molecule has 2 aromatic carbocycles. The second-order valence-corrected chi connectivity index (χ2v) is 5.69. The SMILES string of the molecule is Cc1ccccc1NC(=O)CNC(=O)c1ccccc1I. The molecule has 0 aliphatic carbocycles. The van der Waals surface area contributed by atoms with Crippen LogP contribution in [0.2, 0.25) is 0 Å². The van der Waals surface area contributed by atoms with Crippen LogP contribution in [-0.4, -0.2) is 18.4 Å². The van der Waals surface area contributed by atoms with E-state index in [1.54, 1.807) is 12.1 Å². The molecule has 4 nitrogen and oxygen atoms in total. The van der Waals surface area contributed by atoms with E-state index in [-0.39, 0.29) is 18.4 Å². The van der Waals surface area contributed by atoms with E-state index in [1.807, 2.05) is 43.3 Å². The molecule has 0 aliphatic rings. The molecule has 21 heavy (non-hydrogen) atoms. The number of anilines is 1. The van der Waals surface area contributed by atoms with Crippen LogP contribution in [0.1, 0.15) is 15.9 Å². The molecule has 0 saturated carbocycles. The van der Waals surface area contributed by atoms with Crippen molar-refractivity contribution in [2.24, 2.45) is 0 Å². The lowest BCUT2D eigenvalue weighted by molar-refractivity contribution is -0.115. The summed E-state index contributed by atoms with van der Waals surface area (Å²) in [5.41, 5.74) is 2.31. The lowest BCUT2D eigenvalue weighted by Crippen LogP contribution is -2.33. The molecule has 0 aliphatic heterocycles. The molecule has 0 bridgehead atoms. The van der Waals surface area contributed by atoms with Gasteiger partial charge in [-0.1, -0.05) is 30.3 Å².